The Morgan fingerprint density at radius 2 is 1.96 bits per heavy atom. The Morgan fingerprint density at radius 3 is 2.52 bits per heavy atom. The number of likely N-dealkylation sites (tertiary alicyclic amines) is 1. The molecule has 0 radical (unpaired) electrons. The lowest BCUT2D eigenvalue weighted by atomic mass is 9.86. The van der Waals surface area contributed by atoms with E-state index >= 15 is 0 Å². The van der Waals surface area contributed by atoms with E-state index in [4.69, 9.17) is 11.0 Å². The second-order valence-corrected chi connectivity index (χ2v) is 6.11. The predicted octanol–water partition coefficient (Wildman–Crippen LogP) is 3.40. The van der Waals surface area contributed by atoms with Gasteiger partial charge in [-0.05, 0) is 42.8 Å². The molecule has 0 bridgehead atoms. The molecule has 1 aliphatic rings. The summed E-state index contributed by atoms with van der Waals surface area (Å²) in [6.45, 7) is 1.21. The molecule has 1 heterocycles. The maximum Gasteiger partial charge on any atom is 0.309 e. The van der Waals surface area contributed by atoms with E-state index in [1.165, 1.54) is 19.1 Å². The van der Waals surface area contributed by atoms with Crippen LogP contribution < -0.4 is 0 Å². The van der Waals surface area contributed by atoms with Crippen molar-refractivity contribution in [1.29, 1.82) is 0 Å². The lowest BCUT2D eigenvalue weighted by Gasteiger charge is -2.31. The fraction of sp³-hybridized carbons (Fsp3) is 0.579. The van der Waals surface area contributed by atoms with Gasteiger partial charge in [-0.15, -0.1) is 0 Å². The highest BCUT2D eigenvalue weighted by molar-refractivity contribution is 5.94. The highest BCUT2D eigenvalue weighted by Crippen LogP contribution is 2.24. The lowest BCUT2D eigenvalue weighted by Crippen LogP contribution is -2.40. The van der Waals surface area contributed by atoms with Crippen LogP contribution in [0.2, 0.25) is 0 Å². The molecule has 2 rings (SSSR count). The molecule has 1 fully saturated rings. The van der Waals surface area contributed by atoms with E-state index in [-0.39, 0.29) is 22.5 Å². The second-order valence-electron chi connectivity index (χ2n) is 6.11. The smallest absolute Gasteiger partial charge is 0.309 e. The SMILES string of the molecule is [2H]C1N(C(=O)c2ccc(C(C)(C)C)cc2)C([2H])([2H])C([2H])([2H])C([2H])(C(=O)OCC)C1([2H])[2H]. The molecule has 2 unspecified atom stereocenters. The third-order valence-electron chi connectivity index (χ3n) is 3.34. The van der Waals surface area contributed by atoms with Crippen molar-refractivity contribution in [2.24, 2.45) is 5.89 Å². The Kier molecular flexibility index (Phi) is 2.94. The molecule has 1 aromatic carbocycles. The first-order valence-corrected chi connectivity index (χ1v) is 7.42. The monoisotopic (exact) mass is 325 g/mol. The van der Waals surface area contributed by atoms with Crippen LogP contribution in [0.4, 0.5) is 0 Å². The van der Waals surface area contributed by atoms with Crippen molar-refractivity contribution < 1.29 is 25.3 Å². The van der Waals surface area contributed by atoms with E-state index < -0.39 is 43.5 Å². The van der Waals surface area contributed by atoms with Gasteiger partial charge in [-0.25, -0.2) is 0 Å². The van der Waals surface area contributed by atoms with Crippen molar-refractivity contribution in [3.8, 4) is 0 Å². The van der Waals surface area contributed by atoms with Gasteiger partial charge in [-0.1, -0.05) is 32.9 Å². The third-order valence-corrected chi connectivity index (χ3v) is 3.34. The van der Waals surface area contributed by atoms with E-state index in [2.05, 4.69) is 4.74 Å². The minimum absolute atomic E-state index is 0.0747. The van der Waals surface area contributed by atoms with Crippen molar-refractivity contribution >= 4 is 11.9 Å². The largest absolute Gasteiger partial charge is 0.466 e. The molecule has 0 aliphatic carbocycles. The van der Waals surface area contributed by atoms with Gasteiger partial charge in [0.2, 0.25) is 0 Å². The zero-order valence-corrected chi connectivity index (χ0v) is 13.8. The zero-order valence-electron chi connectivity index (χ0n) is 21.8. The molecule has 4 nitrogen and oxygen atoms in total. The summed E-state index contributed by atoms with van der Waals surface area (Å²) in [5.74, 6) is -6.17. The van der Waals surface area contributed by atoms with Crippen LogP contribution in [0, 0.1) is 5.89 Å². The number of carbonyl (C=O) groups is 2. The first-order valence-electron chi connectivity index (χ1n) is 11.5. The number of amides is 1. The molecule has 23 heavy (non-hydrogen) atoms. The Hall–Kier alpha value is -1.84. The van der Waals surface area contributed by atoms with Gasteiger partial charge in [-0.2, -0.15) is 0 Å². The summed E-state index contributed by atoms with van der Waals surface area (Å²) >= 11 is 0. The average Bonchev–Trinajstić information content (AvgIpc) is 2.65. The van der Waals surface area contributed by atoms with Crippen LogP contribution in [0.5, 0.6) is 0 Å². The molecule has 1 aromatic rings. The summed E-state index contributed by atoms with van der Waals surface area (Å²) in [6.07, 6.45) is -6.82. The van der Waals surface area contributed by atoms with Crippen LogP contribution >= 0.6 is 0 Å². The Morgan fingerprint density at radius 1 is 1.30 bits per heavy atom. The molecule has 4 heteroatoms. The summed E-state index contributed by atoms with van der Waals surface area (Å²) in [4.78, 5) is 25.7. The normalized spacial score (nSPS) is 36.7. The third kappa shape index (κ3) is 4.34. The first kappa shape index (κ1) is 9.45. The van der Waals surface area contributed by atoms with Crippen LogP contribution in [0.25, 0.3) is 0 Å². The summed E-state index contributed by atoms with van der Waals surface area (Å²) in [5.41, 5.74) is 0.583. The molecule has 0 spiro atoms. The number of piperidine rings is 1. The highest BCUT2D eigenvalue weighted by Gasteiger charge is 2.28. The number of esters is 1. The van der Waals surface area contributed by atoms with Crippen molar-refractivity contribution in [2.45, 2.75) is 45.9 Å². The number of hydrogen-bond donors (Lipinski definition) is 0. The fourth-order valence-electron chi connectivity index (χ4n) is 1.99. The molecule has 1 saturated heterocycles. The van der Waals surface area contributed by atoms with Crippen molar-refractivity contribution in [3.63, 3.8) is 0 Å². The van der Waals surface area contributed by atoms with E-state index in [9.17, 15) is 9.59 Å². The number of rotatable bonds is 3. The Bertz CT molecular complexity index is 866. The average molecular weight is 325 g/mol. The van der Waals surface area contributed by atoms with Crippen LogP contribution in [0.15, 0.2) is 24.3 Å². The molecule has 0 saturated carbocycles. The quantitative estimate of drug-likeness (QED) is 0.800. The molecule has 2 atom stereocenters. The topological polar surface area (TPSA) is 46.6 Å². The minimum atomic E-state index is -3.53. The van der Waals surface area contributed by atoms with Crippen LogP contribution in [0.1, 0.15) is 67.3 Å². The first-order chi connectivity index (χ1) is 13.9. The summed E-state index contributed by atoms with van der Waals surface area (Å²) < 4.78 is 70.7. The maximum atomic E-state index is 13.1. The van der Waals surface area contributed by atoms with E-state index in [1.54, 1.807) is 12.1 Å². The highest BCUT2D eigenvalue weighted by atomic mass is 16.5. The van der Waals surface area contributed by atoms with Gasteiger partial charge in [0.05, 0.1) is 12.5 Å². The van der Waals surface area contributed by atoms with Gasteiger partial charge in [-0.3, -0.25) is 9.59 Å². The molecule has 1 amide bonds. The van der Waals surface area contributed by atoms with Gasteiger partial charge in [0.15, 0.2) is 0 Å². The van der Waals surface area contributed by atoms with Crippen molar-refractivity contribution in [2.75, 3.05) is 19.6 Å². The van der Waals surface area contributed by atoms with Gasteiger partial charge < -0.3 is 9.64 Å². The predicted molar refractivity (Wildman–Crippen MR) is 90.4 cm³/mol. The van der Waals surface area contributed by atoms with Crippen molar-refractivity contribution in [1.82, 2.24) is 4.90 Å². The van der Waals surface area contributed by atoms with Crippen LogP contribution in [-0.2, 0) is 14.9 Å². The van der Waals surface area contributed by atoms with E-state index in [0.717, 1.165) is 5.56 Å². The number of nitrogens with zero attached hydrogens (tertiary/aromatic N) is 1. The molecule has 0 N–H and O–H groups in total. The summed E-state index contributed by atoms with van der Waals surface area (Å²) in [6, 6.07) is 6.07. The number of benzene rings is 1. The maximum absolute atomic E-state index is 13.1. The minimum Gasteiger partial charge on any atom is -0.466 e. The molecular weight excluding hydrogens is 290 g/mol. The second kappa shape index (κ2) is 7.16. The van der Waals surface area contributed by atoms with E-state index in [0.29, 0.717) is 0 Å². The van der Waals surface area contributed by atoms with Crippen molar-refractivity contribution in [3.05, 3.63) is 35.4 Å². The van der Waals surface area contributed by atoms with E-state index in [1.807, 2.05) is 20.8 Å². The van der Waals surface area contributed by atoms with Gasteiger partial charge in [0, 0.05) is 29.5 Å². The fourth-order valence-corrected chi connectivity index (χ4v) is 1.99. The Labute approximate surface area is 150 Å². The molecule has 126 valence electrons. The van der Waals surface area contributed by atoms with Gasteiger partial charge in [0.25, 0.3) is 5.91 Å². The Balaban J connectivity index is 2.61. The summed E-state index contributed by atoms with van der Waals surface area (Å²) in [7, 11) is 0. The number of hydrogen-bond acceptors (Lipinski definition) is 3. The van der Waals surface area contributed by atoms with Crippen LogP contribution in [-0.4, -0.2) is 36.4 Å². The zero-order chi connectivity index (χ0) is 24.2. The molecule has 1 aliphatic heterocycles. The number of carbonyl (C=O) groups excluding carboxylic acids is 2. The van der Waals surface area contributed by atoms with Gasteiger partial charge >= 0.3 is 5.97 Å². The standard InChI is InChI=1S/C19H27NO3/c1-5-23-18(22)15-10-12-20(13-11-15)17(21)14-6-8-16(9-7-14)19(2,3)4/h6-9,15H,5,10-13H2,1-4H3/i10D2,11D2,12D,13D2,15D. The van der Waals surface area contributed by atoms with Crippen LogP contribution in [0.3, 0.4) is 0 Å². The summed E-state index contributed by atoms with van der Waals surface area (Å²) in [5, 5.41) is 0. The molecular formula is C19H27NO3. The van der Waals surface area contributed by atoms with Gasteiger partial charge in [0.1, 0.15) is 0 Å². The number of ether oxygens (including phenoxy) is 1. The lowest BCUT2D eigenvalue weighted by molar-refractivity contribution is -0.149. The molecule has 0 aromatic heterocycles.